The first-order valence-electron chi connectivity index (χ1n) is 6.36. The maximum absolute atomic E-state index is 11.8. The highest BCUT2D eigenvalue weighted by Gasteiger charge is 2.30. The molecule has 0 unspecified atom stereocenters. The zero-order valence-electron chi connectivity index (χ0n) is 10.6. The number of carbonyl (C=O) groups is 1. The molecule has 1 N–H and O–H groups in total. The summed E-state index contributed by atoms with van der Waals surface area (Å²) in [6.45, 7) is 2.75. The number of ether oxygens (including phenoxy) is 1. The predicted octanol–water partition coefficient (Wildman–Crippen LogP) is 2.20. The Morgan fingerprint density at radius 1 is 1.39 bits per heavy atom. The van der Waals surface area contributed by atoms with E-state index in [1.807, 2.05) is 31.2 Å². The fourth-order valence-electron chi connectivity index (χ4n) is 2.13. The number of hydrogen-bond acceptors (Lipinski definition) is 3. The molecule has 0 spiro atoms. The second-order valence-corrected chi connectivity index (χ2v) is 5.17. The summed E-state index contributed by atoms with van der Waals surface area (Å²) in [5.74, 6) is 0.0851. The largest absolute Gasteiger partial charge is 0.378 e. The van der Waals surface area contributed by atoms with Crippen molar-refractivity contribution in [2.45, 2.75) is 43.2 Å². The van der Waals surface area contributed by atoms with Gasteiger partial charge in [-0.2, -0.15) is 0 Å². The van der Waals surface area contributed by atoms with Crippen molar-refractivity contribution in [3.8, 4) is 0 Å². The Balaban J connectivity index is 1.72. The van der Waals surface area contributed by atoms with E-state index in [0.717, 1.165) is 29.9 Å². The first-order valence-corrected chi connectivity index (χ1v) is 6.81. The van der Waals surface area contributed by atoms with Gasteiger partial charge in [0, 0.05) is 17.5 Å². The number of nitrogens with one attached hydrogen (secondary N) is 1. The van der Waals surface area contributed by atoms with Gasteiger partial charge in [-0.05, 0) is 37.5 Å². The van der Waals surface area contributed by atoms with Gasteiger partial charge in [-0.15, -0.1) is 12.6 Å². The number of carbonyl (C=O) groups excluding carboxylic acids is 1. The Kier molecular flexibility index (Phi) is 4.66. The smallest absolute Gasteiger partial charge is 0.224 e. The molecule has 18 heavy (non-hydrogen) atoms. The molecule has 3 nitrogen and oxygen atoms in total. The molecular weight excluding hydrogens is 246 g/mol. The second-order valence-electron chi connectivity index (χ2n) is 4.66. The van der Waals surface area contributed by atoms with E-state index in [4.69, 9.17) is 4.74 Å². The Hall–Kier alpha value is -1.00. The Bertz CT molecular complexity index is 399. The molecule has 0 atom stereocenters. The van der Waals surface area contributed by atoms with E-state index in [0.29, 0.717) is 18.6 Å². The topological polar surface area (TPSA) is 38.3 Å². The molecule has 1 aromatic carbocycles. The van der Waals surface area contributed by atoms with Gasteiger partial charge in [0.05, 0.1) is 12.5 Å². The van der Waals surface area contributed by atoms with E-state index in [2.05, 4.69) is 17.9 Å². The lowest BCUT2D eigenvalue weighted by Gasteiger charge is -2.35. The second kappa shape index (κ2) is 6.25. The monoisotopic (exact) mass is 265 g/mol. The lowest BCUT2D eigenvalue weighted by Crippen LogP contribution is -2.48. The van der Waals surface area contributed by atoms with Crippen molar-refractivity contribution in [1.82, 2.24) is 5.32 Å². The van der Waals surface area contributed by atoms with Gasteiger partial charge in [0.1, 0.15) is 0 Å². The van der Waals surface area contributed by atoms with Crippen LogP contribution in [0.4, 0.5) is 0 Å². The van der Waals surface area contributed by atoms with Crippen molar-refractivity contribution in [2.24, 2.45) is 0 Å². The van der Waals surface area contributed by atoms with E-state index in [-0.39, 0.29) is 5.91 Å². The van der Waals surface area contributed by atoms with Crippen molar-refractivity contribution in [3.63, 3.8) is 0 Å². The normalized spacial score (nSPS) is 22.3. The number of rotatable bonds is 5. The van der Waals surface area contributed by atoms with Crippen LogP contribution in [0.15, 0.2) is 29.2 Å². The fraction of sp³-hybridized carbons (Fsp3) is 0.500. The van der Waals surface area contributed by atoms with Crippen molar-refractivity contribution < 1.29 is 9.53 Å². The molecule has 1 aliphatic carbocycles. The summed E-state index contributed by atoms with van der Waals surface area (Å²) in [7, 11) is 0. The zero-order chi connectivity index (χ0) is 13.0. The van der Waals surface area contributed by atoms with Gasteiger partial charge < -0.3 is 10.1 Å². The van der Waals surface area contributed by atoms with E-state index in [9.17, 15) is 4.79 Å². The summed E-state index contributed by atoms with van der Waals surface area (Å²) in [6, 6.07) is 7.97. The lowest BCUT2D eigenvalue weighted by molar-refractivity contribution is -0.123. The molecule has 0 heterocycles. The third-order valence-corrected chi connectivity index (χ3v) is 3.46. The Morgan fingerprint density at radius 2 is 2.06 bits per heavy atom. The van der Waals surface area contributed by atoms with Crippen LogP contribution in [0.2, 0.25) is 0 Å². The summed E-state index contributed by atoms with van der Waals surface area (Å²) < 4.78 is 5.46. The average Bonchev–Trinajstić information content (AvgIpc) is 2.29. The quantitative estimate of drug-likeness (QED) is 0.801. The Morgan fingerprint density at radius 3 is 2.67 bits per heavy atom. The molecule has 0 bridgehead atoms. The molecular formula is C14H19NO2S. The molecule has 0 saturated heterocycles. The number of hydrogen-bond donors (Lipinski definition) is 2. The van der Waals surface area contributed by atoms with Crippen LogP contribution in [0, 0.1) is 0 Å². The molecule has 1 aliphatic rings. The first kappa shape index (κ1) is 13.4. The molecule has 98 valence electrons. The van der Waals surface area contributed by atoms with Crippen molar-refractivity contribution in [3.05, 3.63) is 29.8 Å². The van der Waals surface area contributed by atoms with E-state index in [1.165, 1.54) is 0 Å². The molecule has 1 fully saturated rings. The van der Waals surface area contributed by atoms with Gasteiger partial charge in [0.15, 0.2) is 0 Å². The molecule has 0 aliphatic heterocycles. The highest BCUT2D eigenvalue weighted by atomic mass is 32.1. The van der Waals surface area contributed by atoms with Crippen LogP contribution in [0.3, 0.4) is 0 Å². The van der Waals surface area contributed by atoms with Gasteiger partial charge in [-0.1, -0.05) is 12.1 Å². The van der Waals surface area contributed by atoms with Gasteiger partial charge in [0.25, 0.3) is 0 Å². The van der Waals surface area contributed by atoms with Crippen LogP contribution >= 0.6 is 12.6 Å². The minimum Gasteiger partial charge on any atom is -0.378 e. The highest BCUT2D eigenvalue weighted by molar-refractivity contribution is 7.80. The molecule has 1 amide bonds. The summed E-state index contributed by atoms with van der Waals surface area (Å²) in [5, 5.41) is 3.03. The number of amides is 1. The minimum absolute atomic E-state index is 0.0851. The maximum Gasteiger partial charge on any atom is 0.224 e. The molecule has 1 aromatic rings. The molecule has 1 saturated carbocycles. The summed E-state index contributed by atoms with van der Waals surface area (Å²) in [4.78, 5) is 12.7. The van der Waals surface area contributed by atoms with Crippen molar-refractivity contribution in [1.29, 1.82) is 0 Å². The third-order valence-electron chi connectivity index (χ3n) is 3.16. The number of benzene rings is 1. The Labute approximate surface area is 113 Å². The average molecular weight is 265 g/mol. The molecule has 2 rings (SSSR count). The SMILES string of the molecule is CCOC1CC(NC(=O)Cc2ccc(S)cc2)C1. The van der Waals surface area contributed by atoms with E-state index >= 15 is 0 Å². The molecule has 0 radical (unpaired) electrons. The molecule has 0 aromatic heterocycles. The first-order chi connectivity index (χ1) is 8.67. The zero-order valence-corrected chi connectivity index (χ0v) is 11.5. The summed E-state index contributed by atoms with van der Waals surface area (Å²) in [6.07, 6.45) is 2.65. The van der Waals surface area contributed by atoms with Crippen molar-refractivity contribution >= 4 is 18.5 Å². The fourth-order valence-corrected chi connectivity index (χ4v) is 2.28. The van der Waals surface area contributed by atoms with Gasteiger partial charge in [-0.3, -0.25) is 4.79 Å². The van der Waals surface area contributed by atoms with Crippen LogP contribution < -0.4 is 5.32 Å². The van der Waals surface area contributed by atoms with E-state index < -0.39 is 0 Å². The van der Waals surface area contributed by atoms with Gasteiger partial charge in [0.2, 0.25) is 5.91 Å². The van der Waals surface area contributed by atoms with Gasteiger partial charge in [-0.25, -0.2) is 0 Å². The number of thiol groups is 1. The van der Waals surface area contributed by atoms with Gasteiger partial charge >= 0.3 is 0 Å². The molecule has 4 heteroatoms. The third kappa shape index (κ3) is 3.75. The van der Waals surface area contributed by atoms with Crippen LogP contribution in [0.1, 0.15) is 25.3 Å². The van der Waals surface area contributed by atoms with Crippen LogP contribution in [0.5, 0.6) is 0 Å². The van der Waals surface area contributed by atoms with E-state index in [1.54, 1.807) is 0 Å². The maximum atomic E-state index is 11.8. The standard InChI is InChI=1S/C14H19NO2S/c1-2-17-12-8-11(9-12)15-14(16)7-10-3-5-13(18)6-4-10/h3-6,11-12,18H,2,7-9H2,1H3,(H,15,16). The summed E-state index contributed by atoms with van der Waals surface area (Å²) >= 11 is 4.22. The highest BCUT2D eigenvalue weighted by Crippen LogP contribution is 2.23. The minimum atomic E-state index is 0.0851. The van der Waals surface area contributed by atoms with Crippen LogP contribution in [-0.4, -0.2) is 24.7 Å². The van der Waals surface area contributed by atoms with Crippen LogP contribution in [0.25, 0.3) is 0 Å². The lowest BCUT2D eigenvalue weighted by atomic mass is 9.89. The predicted molar refractivity (Wildman–Crippen MR) is 74.0 cm³/mol. The summed E-state index contributed by atoms with van der Waals surface area (Å²) in [5.41, 5.74) is 1.02. The van der Waals surface area contributed by atoms with Crippen LogP contribution in [-0.2, 0) is 16.0 Å². The van der Waals surface area contributed by atoms with Crippen molar-refractivity contribution in [2.75, 3.05) is 6.61 Å².